The SMILES string of the molecule is CCCCC(CC)C(=O)N(C)C(C)CC(N)=S. The van der Waals surface area contributed by atoms with Gasteiger partial charge in [-0.1, -0.05) is 38.9 Å². The quantitative estimate of drug-likeness (QED) is 0.681. The van der Waals surface area contributed by atoms with Gasteiger partial charge in [0.1, 0.15) is 0 Å². The lowest BCUT2D eigenvalue weighted by Gasteiger charge is -2.28. The molecule has 17 heavy (non-hydrogen) atoms. The average molecular weight is 258 g/mol. The Morgan fingerprint density at radius 1 is 1.41 bits per heavy atom. The van der Waals surface area contributed by atoms with E-state index < -0.39 is 0 Å². The Balaban J connectivity index is 4.38. The number of rotatable bonds is 8. The highest BCUT2D eigenvalue weighted by molar-refractivity contribution is 7.80. The first-order chi connectivity index (χ1) is 7.93. The summed E-state index contributed by atoms with van der Waals surface area (Å²) >= 11 is 4.88. The summed E-state index contributed by atoms with van der Waals surface area (Å²) in [5, 5.41) is 0. The van der Waals surface area contributed by atoms with Gasteiger partial charge in [0, 0.05) is 25.4 Å². The van der Waals surface area contributed by atoms with Crippen LogP contribution in [0.4, 0.5) is 0 Å². The van der Waals surface area contributed by atoms with Crippen molar-refractivity contribution in [3.63, 3.8) is 0 Å². The molecule has 0 aliphatic carbocycles. The van der Waals surface area contributed by atoms with Crippen LogP contribution >= 0.6 is 12.2 Å². The Kier molecular flexibility index (Phi) is 8.13. The molecule has 4 heteroatoms. The number of nitrogens with two attached hydrogens (primary N) is 1. The van der Waals surface area contributed by atoms with Gasteiger partial charge >= 0.3 is 0 Å². The highest BCUT2D eigenvalue weighted by Crippen LogP contribution is 2.17. The number of carbonyl (C=O) groups is 1. The minimum Gasteiger partial charge on any atom is -0.393 e. The second-order valence-corrected chi connectivity index (χ2v) is 5.24. The molecule has 3 nitrogen and oxygen atoms in total. The zero-order chi connectivity index (χ0) is 13.4. The van der Waals surface area contributed by atoms with E-state index in [1.165, 1.54) is 0 Å². The molecule has 0 aromatic heterocycles. The minimum atomic E-state index is 0.0932. The molecule has 0 spiro atoms. The van der Waals surface area contributed by atoms with Crippen LogP contribution in [-0.4, -0.2) is 28.9 Å². The van der Waals surface area contributed by atoms with E-state index in [1.54, 1.807) is 4.90 Å². The summed E-state index contributed by atoms with van der Waals surface area (Å²) in [7, 11) is 1.85. The molecule has 0 aromatic rings. The lowest BCUT2D eigenvalue weighted by molar-refractivity contribution is -0.136. The van der Waals surface area contributed by atoms with E-state index in [4.69, 9.17) is 18.0 Å². The Labute approximate surface area is 111 Å². The molecule has 0 radical (unpaired) electrons. The molecule has 0 fully saturated rings. The van der Waals surface area contributed by atoms with Gasteiger partial charge in [0.05, 0.1) is 4.99 Å². The van der Waals surface area contributed by atoms with E-state index in [9.17, 15) is 4.79 Å². The smallest absolute Gasteiger partial charge is 0.225 e. The van der Waals surface area contributed by atoms with Gasteiger partial charge in [-0.05, 0) is 19.8 Å². The number of amides is 1. The monoisotopic (exact) mass is 258 g/mol. The normalized spacial score (nSPS) is 14.1. The third-order valence-corrected chi connectivity index (χ3v) is 3.42. The Hall–Kier alpha value is -0.640. The number of thiocarbonyl (C=S) groups is 1. The maximum Gasteiger partial charge on any atom is 0.225 e. The molecule has 100 valence electrons. The van der Waals surface area contributed by atoms with Crippen molar-refractivity contribution in [3.8, 4) is 0 Å². The molecule has 0 heterocycles. The second kappa shape index (κ2) is 8.45. The van der Waals surface area contributed by atoms with Gasteiger partial charge in [0.25, 0.3) is 0 Å². The van der Waals surface area contributed by atoms with Gasteiger partial charge in [-0.25, -0.2) is 0 Å². The van der Waals surface area contributed by atoms with Crippen LogP contribution < -0.4 is 5.73 Å². The average Bonchev–Trinajstić information content (AvgIpc) is 2.27. The van der Waals surface area contributed by atoms with Crippen LogP contribution in [0.1, 0.15) is 52.9 Å². The minimum absolute atomic E-state index is 0.0932. The fraction of sp³-hybridized carbons (Fsp3) is 0.846. The molecule has 0 aliphatic rings. The molecule has 0 bridgehead atoms. The van der Waals surface area contributed by atoms with Crippen LogP contribution in [0, 0.1) is 5.92 Å². The first-order valence-corrected chi connectivity index (χ1v) is 6.89. The lowest BCUT2D eigenvalue weighted by Crippen LogP contribution is -2.40. The molecule has 2 N–H and O–H groups in total. The van der Waals surface area contributed by atoms with E-state index in [2.05, 4.69) is 13.8 Å². The standard InChI is InChI=1S/C13H26N2OS/c1-5-7-8-11(6-2)13(16)15(4)10(3)9-12(14)17/h10-11H,5-9H2,1-4H3,(H2,14,17). The van der Waals surface area contributed by atoms with Crippen molar-refractivity contribution in [2.75, 3.05) is 7.05 Å². The van der Waals surface area contributed by atoms with Gasteiger partial charge in [0.15, 0.2) is 0 Å². The van der Waals surface area contributed by atoms with Crippen molar-refractivity contribution in [2.45, 2.75) is 58.9 Å². The van der Waals surface area contributed by atoms with E-state index >= 15 is 0 Å². The maximum atomic E-state index is 12.2. The molecular formula is C13H26N2OS. The third-order valence-electron chi connectivity index (χ3n) is 3.25. The summed E-state index contributed by atoms with van der Waals surface area (Å²) in [5.41, 5.74) is 5.51. The number of nitrogens with zero attached hydrogens (tertiary/aromatic N) is 1. The number of hydrogen-bond donors (Lipinski definition) is 1. The van der Waals surface area contributed by atoms with Gasteiger partial charge in [-0.2, -0.15) is 0 Å². The summed E-state index contributed by atoms with van der Waals surface area (Å²) in [6.07, 6.45) is 4.73. The van der Waals surface area contributed by atoms with Crippen molar-refractivity contribution in [3.05, 3.63) is 0 Å². The molecular weight excluding hydrogens is 232 g/mol. The molecule has 0 saturated heterocycles. The van der Waals surface area contributed by atoms with Gasteiger partial charge in [-0.15, -0.1) is 0 Å². The first kappa shape index (κ1) is 16.4. The van der Waals surface area contributed by atoms with Crippen molar-refractivity contribution in [2.24, 2.45) is 11.7 Å². The predicted octanol–water partition coefficient (Wildman–Crippen LogP) is 2.73. The van der Waals surface area contributed by atoms with Crippen molar-refractivity contribution >= 4 is 23.1 Å². The van der Waals surface area contributed by atoms with Crippen molar-refractivity contribution in [1.82, 2.24) is 4.90 Å². The number of unbranched alkanes of at least 4 members (excludes halogenated alkanes) is 1. The molecule has 0 saturated carbocycles. The molecule has 2 unspecified atom stereocenters. The van der Waals surface area contributed by atoms with Gasteiger partial charge in [-0.3, -0.25) is 4.79 Å². The molecule has 1 amide bonds. The van der Waals surface area contributed by atoms with Crippen LogP contribution in [0.5, 0.6) is 0 Å². The maximum absolute atomic E-state index is 12.2. The van der Waals surface area contributed by atoms with E-state index in [0.717, 1.165) is 25.7 Å². The Bertz CT molecular complexity index is 256. The van der Waals surface area contributed by atoms with Crippen LogP contribution in [0.2, 0.25) is 0 Å². The summed E-state index contributed by atoms with van der Waals surface area (Å²) in [6.45, 7) is 6.21. The van der Waals surface area contributed by atoms with Gasteiger partial charge in [0.2, 0.25) is 5.91 Å². The van der Waals surface area contributed by atoms with Crippen LogP contribution in [0.3, 0.4) is 0 Å². The fourth-order valence-electron chi connectivity index (χ4n) is 1.89. The summed E-state index contributed by atoms with van der Waals surface area (Å²) in [4.78, 5) is 14.5. The third kappa shape index (κ3) is 6.01. The summed E-state index contributed by atoms with van der Waals surface area (Å²) < 4.78 is 0. The number of hydrogen-bond acceptors (Lipinski definition) is 2. The lowest BCUT2D eigenvalue weighted by atomic mass is 9.97. The Morgan fingerprint density at radius 2 is 2.00 bits per heavy atom. The second-order valence-electron chi connectivity index (χ2n) is 4.72. The van der Waals surface area contributed by atoms with Crippen LogP contribution in [0.25, 0.3) is 0 Å². The van der Waals surface area contributed by atoms with Crippen LogP contribution in [0.15, 0.2) is 0 Å². The summed E-state index contributed by atoms with van der Waals surface area (Å²) in [5.74, 6) is 0.374. The highest BCUT2D eigenvalue weighted by atomic mass is 32.1. The topological polar surface area (TPSA) is 46.3 Å². The van der Waals surface area contributed by atoms with E-state index in [0.29, 0.717) is 11.4 Å². The fourth-order valence-corrected chi connectivity index (χ4v) is 2.13. The van der Waals surface area contributed by atoms with E-state index in [-0.39, 0.29) is 17.9 Å². The molecule has 0 rings (SSSR count). The van der Waals surface area contributed by atoms with Crippen LogP contribution in [-0.2, 0) is 4.79 Å². The number of carbonyl (C=O) groups excluding carboxylic acids is 1. The molecule has 0 aliphatic heterocycles. The van der Waals surface area contributed by atoms with Crippen molar-refractivity contribution in [1.29, 1.82) is 0 Å². The van der Waals surface area contributed by atoms with E-state index in [1.807, 2.05) is 14.0 Å². The zero-order valence-electron chi connectivity index (χ0n) is 11.5. The Morgan fingerprint density at radius 3 is 2.41 bits per heavy atom. The predicted molar refractivity (Wildman–Crippen MR) is 76.9 cm³/mol. The largest absolute Gasteiger partial charge is 0.393 e. The molecule has 0 aromatic carbocycles. The van der Waals surface area contributed by atoms with Crippen molar-refractivity contribution < 1.29 is 4.79 Å². The highest BCUT2D eigenvalue weighted by Gasteiger charge is 2.23. The van der Waals surface area contributed by atoms with Gasteiger partial charge < -0.3 is 10.6 Å². The zero-order valence-corrected chi connectivity index (χ0v) is 12.3. The first-order valence-electron chi connectivity index (χ1n) is 6.48. The summed E-state index contributed by atoms with van der Waals surface area (Å²) in [6, 6.07) is 0.0932. The molecule has 2 atom stereocenters.